The molecule has 0 aliphatic carbocycles. The van der Waals surface area contributed by atoms with Gasteiger partial charge in [-0.3, -0.25) is 0 Å². The molecule has 0 amide bonds. The van der Waals surface area contributed by atoms with Crippen molar-refractivity contribution in [2.75, 3.05) is 24.6 Å². The summed E-state index contributed by atoms with van der Waals surface area (Å²) in [6.45, 7) is 6.69. The maximum absolute atomic E-state index is 9.76. The van der Waals surface area contributed by atoms with Crippen LogP contribution in [0.4, 0.5) is 5.69 Å². The molecule has 22 heavy (non-hydrogen) atoms. The summed E-state index contributed by atoms with van der Waals surface area (Å²) >= 11 is 0. The molecule has 0 saturated carbocycles. The summed E-state index contributed by atoms with van der Waals surface area (Å²) in [7, 11) is 0. The predicted molar refractivity (Wildman–Crippen MR) is 94.6 cm³/mol. The Hall–Kier alpha value is -1.80. The zero-order valence-corrected chi connectivity index (χ0v) is 13.7. The molecule has 0 unspecified atom stereocenters. The van der Waals surface area contributed by atoms with Crippen LogP contribution in [0.3, 0.4) is 0 Å². The molecular weight excluding hydrogens is 270 g/mol. The quantitative estimate of drug-likeness (QED) is 0.779. The van der Waals surface area contributed by atoms with Gasteiger partial charge in [-0.2, -0.15) is 0 Å². The first kappa shape index (κ1) is 16.6. The summed E-state index contributed by atoms with van der Waals surface area (Å²) in [4.78, 5) is 2.41. The molecule has 0 bridgehead atoms. The van der Waals surface area contributed by atoms with Crippen LogP contribution >= 0.6 is 0 Å². The lowest BCUT2D eigenvalue weighted by atomic mass is 9.92. The van der Waals surface area contributed by atoms with Crippen LogP contribution in [0.15, 0.2) is 54.6 Å². The Bertz CT molecular complexity index is 535. The van der Waals surface area contributed by atoms with Crippen LogP contribution in [0, 0.1) is 0 Å². The minimum atomic E-state index is 0.0565. The van der Waals surface area contributed by atoms with E-state index >= 15 is 0 Å². The third-order valence-corrected chi connectivity index (χ3v) is 4.21. The molecule has 0 radical (unpaired) electrons. The van der Waals surface area contributed by atoms with Crippen molar-refractivity contribution >= 4 is 5.69 Å². The van der Waals surface area contributed by atoms with Crippen molar-refractivity contribution in [2.24, 2.45) is 0 Å². The Morgan fingerprint density at radius 3 is 2.09 bits per heavy atom. The molecule has 0 fully saturated rings. The fourth-order valence-electron chi connectivity index (χ4n) is 2.82. The molecule has 2 aromatic carbocycles. The number of aliphatic hydroxyl groups is 1. The minimum Gasteiger partial charge on any atom is -0.395 e. The van der Waals surface area contributed by atoms with E-state index in [4.69, 9.17) is 0 Å². The smallest absolute Gasteiger partial charge is 0.0540 e. The van der Waals surface area contributed by atoms with Gasteiger partial charge in [-0.05, 0) is 36.6 Å². The topological polar surface area (TPSA) is 23.5 Å². The highest BCUT2D eigenvalue weighted by molar-refractivity contribution is 5.49. The van der Waals surface area contributed by atoms with Crippen LogP contribution in [0.1, 0.15) is 43.7 Å². The lowest BCUT2D eigenvalue weighted by molar-refractivity contribution is 0.280. The van der Waals surface area contributed by atoms with Crippen LogP contribution in [-0.4, -0.2) is 24.8 Å². The standard InChI is InChI=1S/C20H27NO/c1-3-5-15-21(4-2)19-13-11-18(12-14-19)20(16-22)17-9-7-6-8-10-17/h6-14,20,22H,3-5,15-16H2,1-2H3/t20-/m0/s1. The van der Waals surface area contributed by atoms with Gasteiger partial charge in [-0.1, -0.05) is 55.8 Å². The zero-order valence-electron chi connectivity index (χ0n) is 13.7. The molecule has 0 aliphatic heterocycles. The number of hydrogen-bond acceptors (Lipinski definition) is 2. The monoisotopic (exact) mass is 297 g/mol. The van der Waals surface area contributed by atoms with Gasteiger partial charge in [0.2, 0.25) is 0 Å². The van der Waals surface area contributed by atoms with E-state index in [0.29, 0.717) is 0 Å². The van der Waals surface area contributed by atoms with Gasteiger partial charge < -0.3 is 10.0 Å². The fraction of sp³-hybridized carbons (Fsp3) is 0.400. The molecule has 118 valence electrons. The van der Waals surface area contributed by atoms with E-state index in [0.717, 1.165) is 18.7 Å². The molecular formula is C20H27NO. The molecule has 2 aromatic rings. The number of hydrogen-bond donors (Lipinski definition) is 1. The Labute approximate surface area is 134 Å². The summed E-state index contributed by atoms with van der Waals surface area (Å²) in [6, 6.07) is 18.9. The average molecular weight is 297 g/mol. The third kappa shape index (κ3) is 4.11. The van der Waals surface area contributed by atoms with Crippen molar-refractivity contribution in [2.45, 2.75) is 32.6 Å². The van der Waals surface area contributed by atoms with Crippen molar-refractivity contribution < 1.29 is 5.11 Å². The lowest BCUT2D eigenvalue weighted by Crippen LogP contribution is -2.23. The summed E-state index contributed by atoms with van der Waals surface area (Å²) < 4.78 is 0. The van der Waals surface area contributed by atoms with E-state index in [1.807, 2.05) is 18.2 Å². The van der Waals surface area contributed by atoms with Crippen molar-refractivity contribution in [1.29, 1.82) is 0 Å². The predicted octanol–water partition coefficient (Wildman–Crippen LogP) is 4.44. The fourth-order valence-corrected chi connectivity index (χ4v) is 2.82. The first-order chi connectivity index (χ1) is 10.8. The molecule has 0 spiro atoms. The molecule has 1 atom stereocenters. The highest BCUT2D eigenvalue weighted by atomic mass is 16.3. The van der Waals surface area contributed by atoms with E-state index in [2.05, 4.69) is 55.1 Å². The van der Waals surface area contributed by atoms with E-state index in [1.54, 1.807) is 0 Å². The lowest BCUT2D eigenvalue weighted by Gasteiger charge is -2.24. The third-order valence-electron chi connectivity index (χ3n) is 4.21. The van der Waals surface area contributed by atoms with Crippen LogP contribution in [0.5, 0.6) is 0 Å². The van der Waals surface area contributed by atoms with E-state index in [-0.39, 0.29) is 12.5 Å². The number of nitrogens with zero attached hydrogens (tertiary/aromatic N) is 1. The van der Waals surface area contributed by atoms with Gasteiger partial charge in [0.1, 0.15) is 0 Å². The van der Waals surface area contributed by atoms with Crippen molar-refractivity contribution in [3.63, 3.8) is 0 Å². The summed E-state index contributed by atoms with van der Waals surface area (Å²) in [6.07, 6.45) is 2.44. The maximum atomic E-state index is 9.76. The first-order valence-electron chi connectivity index (χ1n) is 8.30. The SMILES string of the molecule is CCCCN(CC)c1ccc([C@@H](CO)c2ccccc2)cc1. The number of unbranched alkanes of at least 4 members (excludes halogenated alkanes) is 1. The molecule has 1 N–H and O–H groups in total. The Morgan fingerprint density at radius 1 is 0.909 bits per heavy atom. The van der Waals surface area contributed by atoms with E-state index in [1.165, 1.54) is 24.1 Å². The van der Waals surface area contributed by atoms with Crippen LogP contribution < -0.4 is 4.90 Å². The van der Waals surface area contributed by atoms with Gasteiger partial charge >= 0.3 is 0 Å². The molecule has 2 heteroatoms. The number of rotatable bonds is 8. The highest BCUT2D eigenvalue weighted by Crippen LogP contribution is 2.26. The summed E-state index contributed by atoms with van der Waals surface area (Å²) in [5.41, 5.74) is 3.60. The molecule has 0 saturated heterocycles. The molecule has 0 aromatic heterocycles. The Kier molecular flexibility index (Phi) is 6.47. The molecule has 2 rings (SSSR count). The normalized spacial score (nSPS) is 12.1. The van der Waals surface area contributed by atoms with Crippen molar-refractivity contribution in [3.8, 4) is 0 Å². The molecule has 0 aliphatic rings. The van der Waals surface area contributed by atoms with Gasteiger partial charge in [-0.15, -0.1) is 0 Å². The average Bonchev–Trinajstić information content (AvgIpc) is 2.58. The first-order valence-corrected chi connectivity index (χ1v) is 8.30. The number of benzene rings is 2. The second kappa shape index (κ2) is 8.60. The number of aliphatic hydroxyl groups excluding tert-OH is 1. The number of anilines is 1. The van der Waals surface area contributed by atoms with Gasteiger partial charge in [0.15, 0.2) is 0 Å². The van der Waals surface area contributed by atoms with E-state index in [9.17, 15) is 5.11 Å². The summed E-state index contributed by atoms with van der Waals surface area (Å²) in [5, 5.41) is 9.76. The van der Waals surface area contributed by atoms with Gasteiger partial charge in [0, 0.05) is 24.7 Å². The minimum absolute atomic E-state index is 0.0565. The van der Waals surface area contributed by atoms with E-state index < -0.39 is 0 Å². The molecule has 2 nitrogen and oxygen atoms in total. The van der Waals surface area contributed by atoms with Crippen molar-refractivity contribution in [3.05, 3.63) is 65.7 Å². The highest BCUT2D eigenvalue weighted by Gasteiger charge is 2.13. The zero-order chi connectivity index (χ0) is 15.8. The van der Waals surface area contributed by atoms with Gasteiger partial charge in [0.05, 0.1) is 6.61 Å². The second-order valence-electron chi connectivity index (χ2n) is 5.67. The molecule has 0 heterocycles. The summed E-state index contributed by atoms with van der Waals surface area (Å²) in [5.74, 6) is 0.0565. The largest absolute Gasteiger partial charge is 0.395 e. The Balaban J connectivity index is 2.16. The van der Waals surface area contributed by atoms with Crippen molar-refractivity contribution in [1.82, 2.24) is 0 Å². The van der Waals surface area contributed by atoms with Gasteiger partial charge in [-0.25, -0.2) is 0 Å². The Morgan fingerprint density at radius 2 is 1.55 bits per heavy atom. The van der Waals surface area contributed by atoms with Crippen LogP contribution in [-0.2, 0) is 0 Å². The maximum Gasteiger partial charge on any atom is 0.0540 e. The van der Waals surface area contributed by atoms with Crippen LogP contribution in [0.2, 0.25) is 0 Å². The van der Waals surface area contributed by atoms with Crippen LogP contribution in [0.25, 0.3) is 0 Å². The van der Waals surface area contributed by atoms with Gasteiger partial charge in [0.25, 0.3) is 0 Å². The second-order valence-corrected chi connectivity index (χ2v) is 5.67.